The minimum Gasteiger partial charge on any atom is -0.409 e. The third-order valence-electron chi connectivity index (χ3n) is 5.10. The van der Waals surface area contributed by atoms with E-state index in [9.17, 15) is 4.79 Å². The number of nitrogens with zero attached hydrogens (tertiary/aromatic N) is 2. The van der Waals surface area contributed by atoms with E-state index < -0.39 is 5.41 Å². The number of morpholine rings is 1. The normalized spacial score (nSPS) is 32.8. The zero-order valence-electron chi connectivity index (χ0n) is 12.2. The zero-order chi connectivity index (χ0) is 14.9. The summed E-state index contributed by atoms with van der Waals surface area (Å²) in [4.78, 5) is 15.1. The summed E-state index contributed by atoms with van der Waals surface area (Å²) in [6.07, 6.45) is 4.14. The van der Waals surface area contributed by atoms with Crippen LogP contribution in [0.3, 0.4) is 0 Å². The van der Waals surface area contributed by atoms with Gasteiger partial charge in [-0.3, -0.25) is 4.79 Å². The van der Waals surface area contributed by atoms with Gasteiger partial charge >= 0.3 is 0 Å². The summed E-state index contributed by atoms with van der Waals surface area (Å²) in [5.74, 6) is -0.0156. The number of fused-ring (bicyclic) bond motifs is 1. The highest BCUT2D eigenvalue weighted by Gasteiger charge is 2.50. The number of hydrogen-bond donors (Lipinski definition) is 2. The van der Waals surface area contributed by atoms with E-state index in [0.29, 0.717) is 39.2 Å². The van der Waals surface area contributed by atoms with Crippen molar-refractivity contribution in [1.82, 2.24) is 4.90 Å². The second-order valence-corrected chi connectivity index (χ2v) is 6.09. The van der Waals surface area contributed by atoms with E-state index >= 15 is 0 Å². The predicted octanol–water partition coefficient (Wildman–Crippen LogP) is 0.309. The SMILES string of the molecule is NC(=NO)C1(C(=O)N2CCOC3CCCC32)CCOCC1. The average Bonchev–Trinajstić information content (AvgIpc) is 3.02. The average molecular weight is 297 g/mol. The Hall–Kier alpha value is -1.34. The monoisotopic (exact) mass is 297 g/mol. The molecule has 0 bridgehead atoms. The van der Waals surface area contributed by atoms with Crippen LogP contribution in [0.4, 0.5) is 0 Å². The van der Waals surface area contributed by atoms with Gasteiger partial charge in [0.15, 0.2) is 5.84 Å². The Balaban J connectivity index is 1.86. The summed E-state index contributed by atoms with van der Waals surface area (Å²) >= 11 is 0. The van der Waals surface area contributed by atoms with Crippen LogP contribution in [0.5, 0.6) is 0 Å². The molecule has 0 aromatic carbocycles. The van der Waals surface area contributed by atoms with Crippen LogP contribution >= 0.6 is 0 Å². The third kappa shape index (κ3) is 2.38. The maximum absolute atomic E-state index is 13.2. The molecule has 118 valence electrons. The summed E-state index contributed by atoms with van der Waals surface area (Å²) in [6, 6.07) is 0.137. The van der Waals surface area contributed by atoms with Crippen molar-refractivity contribution in [2.75, 3.05) is 26.4 Å². The summed E-state index contributed by atoms with van der Waals surface area (Å²) in [5, 5.41) is 12.3. The molecule has 1 amide bonds. The third-order valence-corrected chi connectivity index (χ3v) is 5.10. The first-order valence-corrected chi connectivity index (χ1v) is 7.67. The number of oxime groups is 1. The molecule has 7 nitrogen and oxygen atoms in total. The molecule has 1 saturated carbocycles. The van der Waals surface area contributed by atoms with Crippen LogP contribution in [0.15, 0.2) is 5.16 Å². The van der Waals surface area contributed by atoms with Crippen LogP contribution in [0, 0.1) is 5.41 Å². The number of carbonyl (C=O) groups excluding carboxylic acids is 1. The Kier molecular flexibility index (Phi) is 4.03. The van der Waals surface area contributed by atoms with Crippen LogP contribution < -0.4 is 5.73 Å². The van der Waals surface area contributed by atoms with Crippen LogP contribution in [0.1, 0.15) is 32.1 Å². The fraction of sp³-hybridized carbons (Fsp3) is 0.857. The van der Waals surface area contributed by atoms with Crippen molar-refractivity contribution in [1.29, 1.82) is 0 Å². The number of carbonyl (C=O) groups is 1. The topological polar surface area (TPSA) is 97.4 Å². The van der Waals surface area contributed by atoms with E-state index in [0.717, 1.165) is 19.3 Å². The highest BCUT2D eigenvalue weighted by molar-refractivity contribution is 6.07. The lowest BCUT2D eigenvalue weighted by atomic mass is 9.77. The fourth-order valence-corrected chi connectivity index (χ4v) is 3.85. The Morgan fingerprint density at radius 1 is 1.29 bits per heavy atom. The Morgan fingerprint density at radius 2 is 2.05 bits per heavy atom. The first-order valence-electron chi connectivity index (χ1n) is 7.67. The van der Waals surface area contributed by atoms with Crippen molar-refractivity contribution in [2.24, 2.45) is 16.3 Å². The summed E-state index contributed by atoms with van der Waals surface area (Å²) in [6.45, 7) is 2.07. The van der Waals surface area contributed by atoms with Gasteiger partial charge in [-0.05, 0) is 32.1 Å². The molecule has 0 spiro atoms. The minimum atomic E-state index is -0.919. The molecule has 0 radical (unpaired) electrons. The van der Waals surface area contributed by atoms with Crippen molar-refractivity contribution in [3.05, 3.63) is 0 Å². The number of hydrogen-bond acceptors (Lipinski definition) is 5. The molecule has 2 heterocycles. The fourth-order valence-electron chi connectivity index (χ4n) is 3.85. The largest absolute Gasteiger partial charge is 0.409 e. The molecule has 2 saturated heterocycles. The summed E-state index contributed by atoms with van der Waals surface area (Å²) < 4.78 is 11.1. The van der Waals surface area contributed by atoms with Gasteiger partial charge in [-0.25, -0.2) is 0 Å². The first-order chi connectivity index (χ1) is 10.2. The minimum absolute atomic E-state index is 0.0110. The van der Waals surface area contributed by atoms with E-state index in [1.807, 2.05) is 4.90 Å². The molecule has 2 unspecified atom stereocenters. The van der Waals surface area contributed by atoms with E-state index in [2.05, 4.69) is 5.16 Å². The molecule has 2 atom stereocenters. The molecule has 3 fully saturated rings. The Labute approximate surface area is 124 Å². The maximum atomic E-state index is 13.2. The zero-order valence-corrected chi connectivity index (χ0v) is 12.2. The van der Waals surface area contributed by atoms with Crippen molar-refractivity contribution < 1.29 is 19.5 Å². The van der Waals surface area contributed by atoms with Gasteiger partial charge in [-0.15, -0.1) is 0 Å². The molecular weight excluding hydrogens is 274 g/mol. The summed E-state index contributed by atoms with van der Waals surface area (Å²) in [7, 11) is 0. The van der Waals surface area contributed by atoms with Crippen molar-refractivity contribution in [2.45, 2.75) is 44.2 Å². The van der Waals surface area contributed by atoms with E-state index in [1.165, 1.54) is 0 Å². The highest BCUT2D eigenvalue weighted by atomic mass is 16.5. The lowest BCUT2D eigenvalue weighted by Gasteiger charge is -2.44. The van der Waals surface area contributed by atoms with Crippen LogP contribution in [0.25, 0.3) is 0 Å². The number of amides is 1. The molecule has 3 aliphatic rings. The van der Waals surface area contributed by atoms with Gasteiger partial charge in [0.05, 0.1) is 18.8 Å². The highest BCUT2D eigenvalue weighted by Crippen LogP contribution is 2.37. The second kappa shape index (κ2) is 5.81. The van der Waals surface area contributed by atoms with Gasteiger partial charge in [-0.1, -0.05) is 5.16 Å². The van der Waals surface area contributed by atoms with Crippen molar-refractivity contribution >= 4 is 11.7 Å². The molecule has 3 N–H and O–H groups in total. The maximum Gasteiger partial charge on any atom is 0.237 e. The van der Waals surface area contributed by atoms with Crippen LogP contribution in [-0.2, 0) is 14.3 Å². The number of amidine groups is 1. The lowest BCUT2D eigenvalue weighted by Crippen LogP contribution is -2.60. The van der Waals surface area contributed by atoms with Gasteiger partial charge in [-0.2, -0.15) is 0 Å². The van der Waals surface area contributed by atoms with Crippen molar-refractivity contribution in [3.63, 3.8) is 0 Å². The van der Waals surface area contributed by atoms with E-state index in [-0.39, 0.29) is 23.9 Å². The molecule has 2 aliphatic heterocycles. The second-order valence-electron chi connectivity index (χ2n) is 6.09. The smallest absolute Gasteiger partial charge is 0.237 e. The molecular formula is C14H23N3O4. The standard InChI is InChI=1S/C14H23N3O4/c15-12(16-19)14(4-7-20-8-5-14)13(18)17-6-9-21-11-3-1-2-10(11)17/h10-11,19H,1-9H2,(H2,15,16). The predicted molar refractivity (Wildman–Crippen MR) is 75.0 cm³/mol. The van der Waals surface area contributed by atoms with Gasteiger partial charge in [0.1, 0.15) is 5.41 Å². The van der Waals surface area contributed by atoms with Gasteiger partial charge in [0, 0.05) is 19.8 Å². The van der Waals surface area contributed by atoms with Crippen LogP contribution in [0.2, 0.25) is 0 Å². The Morgan fingerprint density at radius 3 is 2.76 bits per heavy atom. The van der Waals surface area contributed by atoms with E-state index in [1.54, 1.807) is 0 Å². The van der Waals surface area contributed by atoms with Gasteiger partial charge < -0.3 is 25.3 Å². The van der Waals surface area contributed by atoms with E-state index in [4.69, 9.17) is 20.4 Å². The molecule has 0 aromatic heterocycles. The van der Waals surface area contributed by atoms with Crippen molar-refractivity contribution in [3.8, 4) is 0 Å². The first kappa shape index (κ1) is 14.6. The molecule has 3 rings (SSSR count). The molecule has 1 aliphatic carbocycles. The Bertz CT molecular complexity index is 434. The summed E-state index contributed by atoms with van der Waals surface area (Å²) in [5.41, 5.74) is 4.97. The molecule has 0 aromatic rings. The van der Waals surface area contributed by atoms with Crippen LogP contribution in [-0.4, -0.2) is 60.4 Å². The van der Waals surface area contributed by atoms with Gasteiger partial charge in [0.2, 0.25) is 5.91 Å². The molecule has 7 heteroatoms. The number of rotatable bonds is 2. The molecule has 21 heavy (non-hydrogen) atoms. The van der Waals surface area contributed by atoms with Gasteiger partial charge in [0.25, 0.3) is 0 Å². The lowest BCUT2D eigenvalue weighted by molar-refractivity contribution is -0.155. The quantitative estimate of drug-likeness (QED) is 0.331. The number of ether oxygens (including phenoxy) is 2. The number of nitrogens with two attached hydrogens (primary N) is 1.